The lowest BCUT2D eigenvalue weighted by Crippen LogP contribution is -2.31. The van der Waals surface area contributed by atoms with Gasteiger partial charge in [-0.2, -0.15) is 0 Å². The van der Waals surface area contributed by atoms with E-state index in [0.717, 1.165) is 31.4 Å². The molecule has 2 fully saturated rings. The zero-order valence-corrected chi connectivity index (χ0v) is 17.5. The number of aromatic nitrogens is 1. The molecule has 1 saturated heterocycles. The average molecular weight is 424 g/mol. The summed E-state index contributed by atoms with van der Waals surface area (Å²) in [6.07, 6.45) is 3.14. The van der Waals surface area contributed by atoms with Crippen LogP contribution in [0.25, 0.3) is 10.9 Å². The van der Waals surface area contributed by atoms with Crippen LogP contribution >= 0.6 is 12.4 Å². The molecule has 1 aromatic heterocycles. The number of carboxylic acids is 1. The molecule has 8 heteroatoms. The molecule has 0 unspecified atom stereocenters. The Hall–Kier alpha value is -2.12. The molecule has 0 radical (unpaired) electrons. The molecule has 3 N–H and O–H groups in total. The van der Waals surface area contributed by atoms with Crippen LogP contribution in [-0.4, -0.2) is 34.8 Å². The van der Waals surface area contributed by atoms with Gasteiger partial charge in [-0.1, -0.05) is 6.92 Å². The molecule has 1 aliphatic heterocycles. The Kier molecular flexibility index (Phi) is 5.92. The van der Waals surface area contributed by atoms with Gasteiger partial charge in [-0.25, -0.2) is 9.18 Å². The van der Waals surface area contributed by atoms with E-state index in [2.05, 4.69) is 0 Å². The molecule has 4 rings (SSSR count). The molecule has 1 aliphatic carbocycles. The smallest absolute Gasteiger partial charge is 0.341 e. The van der Waals surface area contributed by atoms with Gasteiger partial charge >= 0.3 is 5.97 Å². The van der Waals surface area contributed by atoms with E-state index in [-0.39, 0.29) is 35.9 Å². The first kappa shape index (κ1) is 21.6. The Morgan fingerprint density at radius 3 is 2.55 bits per heavy atom. The van der Waals surface area contributed by atoms with E-state index in [9.17, 15) is 14.7 Å². The van der Waals surface area contributed by atoms with Crippen LogP contribution in [0.4, 0.5) is 10.1 Å². The number of anilines is 1. The van der Waals surface area contributed by atoms with Crippen molar-refractivity contribution in [2.75, 3.05) is 18.0 Å². The normalized spacial score (nSPS) is 20.0. The van der Waals surface area contributed by atoms with Crippen molar-refractivity contribution in [1.29, 1.82) is 0 Å². The molecule has 158 valence electrons. The summed E-state index contributed by atoms with van der Waals surface area (Å²) in [4.78, 5) is 26.5. The lowest BCUT2D eigenvalue weighted by molar-refractivity contribution is 0.0694. The maximum Gasteiger partial charge on any atom is 0.341 e. The lowest BCUT2D eigenvalue weighted by atomic mass is 10.0. The fourth-order valence-corrected chi connectivity index (χ4v) is 4.48. The Balaban J connectivity index is 0.00000240. The summed E-state index contributed by atoms with van der Waals surface area (Å²) in [6, 6.07) is 2.74. The summed E-state index contributed by atoms with van der Waals surface area (Å²) in [5, 5.41) is 9.91. The zero-order valence-electron chi connectivity index (χ0n) is 16.7. The number of nitrogens with zero attached hydrogens (tertiary/aromatic N) is 2. The Morgan fingerprint density at radius 2 is 2.03 bits per heavy atom. The van der Waals surface area contributed by atoms with Gasteiger partial charge < -0.3 is 20.3 Å². The fraction of sp³-hybridized carbons (Fsp3) is 0.524. The second kappa shape index (κ2) is 7.95. The summed E-state index contributed by atoms with van der Waals surface area (Å²) in [6.45, 7) is 5.34. The predicted molar refractivity (Wildman–Crippen MR) is 114 cm³/mol. The lowest BCUT2D eigenvalue weighted by Gasteiger charge is -2.26. The molecule has 2 aliphatic rings. The van der Waals surface area contributed by atoms with Crippen LogP contribution in [0.2, 0.25) is 0 Å². The number of pyridine rings is 1. The molecule has 1 saturated carbocycles. The highest BCUT2D eigenvalue weighted by molar-refractivity contribution is 5.95. The van der Waals surface area contributed by atoms with Crippen LogP contribution in [0.15, 0.2) is 16.9 Å². The van der Waals surface area contributed by atoms with Crippen molar-refractivity contribution in [1.82, 2.24) is 4.57 Å². The minimum Gasteiger partial charge on any atom is -0.477 e. The third kappa shape index (κ3) is 3.62. The molecule has 0 amide bonds. The molecule has 29 heavy (non-hydrogen) atoms. The number of rotatable bonds is 5. The highest BCUT2D eigenvalue weighted by Gasteiger charge is 2.33. The minimum absolute atomic E-state index is 0. The van der Waals surface area contributed by atoms with Crippen molar-refractivity contribution < 1.29 is 14.3 Å². The van der Waals surface area contributed by atoms with Gasteiger partial charge in [0.2, 0.25) is 0 Å². The summed E-state index contributed by atoms with van der Waals surface area (Å²) in [7, 11) is 0. The molecule has 2 atom stereocenters. The van der Waals surface area contributed by atoms with Gasteiger partial charge in [0, 0.05) is 36.1 Å². The maximum absolute atomic E-state index is 15.2. The Labute approximate surface area is 174 Å². The third-order valence-electron chi connectivity index (χ3n) is 6.12. The molecular formula is C21H27ClFN3O3. The van der Waals surface area contributed by atoms with Crippen LogP contribution in [-0.2, 0) is 6.42 Å². The highest BCUT2D eigenvalue weighted by Crippen LogP contribution is 2.41. The van der Waals surface area contributed by atoms with Crippen LogP contribution < -0.4 is 16.2 Å². The number of nitrogens with two attached hydrogens (primary N) is 1. The van der Waals surface area contributed by atoms with Crippen molar-refractivity contribution in [2.45, 2.75) is 51.6 Å². The third-order valence-corrected chi connectivity index (χ3v) is 6.12. The minimum atomic E-state index is -1.27. The van der Waals surface area contributed by atoms with Crippen LogP contribution in [0.5, 0.6) is 0 Å². The average Bonchev–Trinajstić information content (AvgIpc) is 3.35. The first-order valence-corrected chi connectivity index (χ1v) is 9.97. The number of fused-ring (bicyclic) bond motifs is 1. The first-order valence-electron chi connectivity index (χ1n) is 9.97. The van der Waals surface area contributed by atoms with Gasteiger partial charge in [-0.3, -0.25) is 4.79 Å². The van der Waals surface area contributed by atoms with Gasteiger partial charge in [0.05, 0.1) is 11.2 Å². The van der Waals surface area contributed by atoms with Crippen molar-refractivity contribution >= 4 is 35.0 Å². The SMILES string of the molecule is CCc1c(N2CC[C@@H]([C@H](C)N)C2)c(F)cc2cc(C(=O)O)c(=O)n(C3CC3)c12.Cl. The number of carboxylic acid groups (broad SMARTS) is 1. The monoisotopic (exact) mass is 423 g/mol. The molecule has 0 bridgehead atoms. The van der Waals surface area contributed by atoms with Crippen LogP contribution in [0.1, 0.15) is 55.1 Å². The van der Waals surface area contributed by atoms with Gasteiger partial charge in [-0.05, 0) is 50.7 Å². The number of aryl methyl sites for hydroxylation is 1. The molecule has 2 aromatic rings. The molecular weight excluding hydrogens is 397 g/mol. The fourth-order valence-electron chi connectivity index (χ4n) is 4.48. The van der Waals surface area contributed by atoms with E-state index < -0.39 is 11.5 Å². The van der Waals surface area contributed by atoms with Crippen molar-refractivity contribution in [2.24, 2.45) is 11.7 Å². The largest absolute Gasteiger partial charge is 0.477 e. The summed E-state index contributed by atoms with van der Waals surface area (Å²) in [5.74, 6) is -1.34. The standard InChI is InChI=1S/C21H26FN3O3.ClH/c1-3-15-18-13(8-16(21(27)28)20(26)25(18)14-4-5-14)9-17(22)19(15)24-7-6-12(10-24)11(2)23;/h8-9,11-12,14H,3-7,10,23H2,1-2H3,(H,27,28);1H/t11-,12+;/m0./s1. The predicted octanol–water partition coefficient (Wildman–Crippen LogP) is 3.33. The number of benzene rings is 1. The summed E-state index contributed by atoms with van der Waals surface area (Å²) >= 11 is 0. The number of carbonyl (C=O) groups is 1. The van der Waals surface area contributed by atoms with E-state index in [1.807, 2.05) is 18.7 Å². The van der Waals surface area contributed by atoms with E-state index in [4.69, 9.17) is 5.73 Å². The van der Waals surface area contributed by atoms with Gasteiger partial charge in [-0.15, -0.1) is 12.4 Å². The second-order valence-electron chi connectivity index (χ2n) is 8.10. The van der Waals surface area contributed by atoms with E-state index in [1.54, 1.807) is 4.57 Å². The van der Waals surface area contributed by atoms with E-state index >= 15 is 4.39 Å². The number of hydrogen-bond acceptors (Lipinski definition) is 4. The van der Waals surface area contributed by atoms with E-state index in [1.165, 1.54) is 12.1 Å². The van der Waals surface area contributed by atoms with Crippen molar-refractivity contribution in [3.8, 4) is 0 Å². The van der Waals surface area contributed by atoms with Gasteiger partial charge in [0.1, 0.15) is 11.4 Å². The Morgan fingerprint density at radius 1 is 1.34 bits per heavy atom. The highest BCUT2D eigenvalue weighted by atomic mass is 35.5. The topological polar surface area (TPSA) is 88.6 Å². The molecule has 0 spiro atoms. The van der Waals surface area contributed by atoms with E-state index in [0.29, 0.717) is 35.5 Å². The van der Waals surface area contributed by atoms with Crippen LogP contribution in [0.3, 0.4) is 0 Å². The Bertz CT molecular complexity index is 1020. The number of hydrogen-bond donors (Lipinski definition) is 2. The maximum atomic E-state index is 15.2. The van der Waals surface area contributed by atoms with Gasteiger partial charge in [0.25, 0.3) is 5.56 Å². The number of aromatic carboxylic acids is 1. The first-order chi connectivity index (χ1) is 13.3. The summed E-state index contributed by atoms with van der Waals surface area (Å²) in [5.41, 5.74) is 7.25. The zero-order chi connectivity index (χ0) is 20.2. The molecule has 6 nitrogen and oxygen atoms in total. The summed E-state index contributed by atoms with van der Waals surface area (Å²) < 4.78 is 16.8. The molecule has 1 aromatic carbocycles. The van der Waals surface area contributed by atoms with Crippen LogP contribution in [0, 0.1) is 11.7 Å². The van der Waals surface area contributed by atoms with Crippen molar-refractivity contribution in [3.63, 3.8) is 0 Å². The number of halogens is 2. The van der Waals surface area contributed by atoms with Crippen molar-refractivity contribution in [3.05, 3.63) is 39.4 Å². The quantitative estimate of drug-likeness (QED) is 0.770. The second-order valence-corrected chi connectivity index (χ2v) is 8.10. The van der Waals surface area contributed by atoms with Gasteiger partial charge in [0.15, 0.2) is 0 Å². The molecule has 2 heterocycles.